The first-order valence-corrected chi connectivity index (χ1v) is 10.2. The Bertz CT molecular complexity index is 1080. The molecule has 0 bridgehead atoms. The van der Waals surface area contributed by atoms with Crippen LogP contribution in [0, 0.1) is 12.7 Å². The average molecular weight is 392 g/mol. The predicted octanol–water partition coefficient (Wildman–Crippen LogP) is 4.96. The summed E-state index contributed by atoms with van der Waals surface area (Å²) in [6.45, 7) is 2.26. The summed E-state index contributed by atoms with van der Waals surface area (Å²) in [4.78, 5) is 18.3. The van der Waals surface area contributed by atoms with Crippen LogP contribution in [-0.2, 0) is 13.0 Å². The van der Waals surface area contributed by atoms with Crippen molar-refractivity contribution in [1.29, 1.82) is 0 Å². The van der Waals surface area contributed by atoms with Gasteiger partial charge in [0.2, 0.25) is 0 Å². The molecule has 1 saturated carbocycles. The molecule has 0 radical (unpaired) electrons. The highest BCUT2D eigenvalue weighted by Gasteiger charge is 2.25. The normalized spacial score (nSPS) is 14.4. The molecule has 0 aliphatic heterocycles. The van der Waals surface area contributed by atoms with Crippen molar-refractivity contribution < 1.29 is 9.50 Å². The van der Waals surface area contributed by atoms with Crippen molar-refractivity contribution >= 4 is 0 Å². The van der Waals surface area contributed by atoms with Gasteiger partial charge in [0, 0.05) is 17.8 Å². The van der Waals surface area contributed by atoms with Gasteiger partial charge in [-0.25, -0.2) is 9.37 Å². The van der Waals surface area contributed by atoms with Gasteiger partial charge >= 0.3 is 0 Å². The van der Waals surface area contributed by atoms with Gasteiger partial charge in [-0.15, -0.1) is 0 Å². The van der Waals surface area contributed by atoms with Crippen molar-refractivity contribution in [1.82, 2.24) is 9.55 Å². The summed E-state index contributed by atoms with van der Waals surface area (Å²) in [6.07, 6.45) is 4.80. The number of aromatic nitrogens is 2. The molecule has 1 N–H and O–H groups in total. The van der Waals surface area contributed by atoms with E-state index in [4.69, 9.17) is 4.98 Å². The highest BCUT2D eigenvalue weighted by molar-refractivity contribution is 5.64. The summed E-state index contributed by atoms with van der Waals surface area (Å²) in [7, 11) is 0. The molecule has 1 aliphatic rings. The summed E-state index contributed by atoms with van der Waals surface area (Å²) >= 11 is 0. The van der Waals surface area contributed by atoms with E-state index >= 15 is 0 Å². The van der Waals surface area contributed by atoms with Crippen LogP contribution < -0.4 is 5.56 Å². The highest BCUT2D eigenvalue weighted by atomic mass is 19.1. The van der Waals surface area contributed by atoms with Gasteiger partial charge in [0.1, 0.15) is 17.4 Å². The van der Waals surface area contributed by atoms with E-state index in [1.807, 2.05) is 19.1 Å². The lowest BCUT2D eigenvalue weighted by Crippen LogP contribution is -2.30. The fourth-order valence-electron chi connectivity index (χ4n) is 4.37. The van der Waals surface area contributed by atoms with Crippen molar-refractivity contribution in [3.8, 4) is 17.1 Å². The Kier molecular flexibility index (Phi) is 5.47. The molecule has 3 aromatic rings. The number of phenols is 1. The molecule has 4 rings (SSSR count). The van der Waals surface area contributed by atoms with Crippen LogP contribution in [0.5, 0.6) is 5.75 Å². The second kappa shape index (κ2) is 8.19. The molecule has 5 heteroatoms. The maximum atomic E-state index is 13.6. The maximum Gasteiger partial charge on any atom is 0.257 e. The third kappa shape index (κ3) is 3.95. The minimum Gasteiger partial charge on any atom is -0.507 e. The Morgan fingerprint density at radius 3 is 2.62 bits per heavy atom. The molecule has 4 nitrogen and oxygen atoms in total. The van der Waals surface area contributed by atoms with E-state index < -0.39 is 0 Å². The zero-order valence-electron chi connectivity index (χ0n) is 16.6. The van der Waals surface area contributed by atoms with Crippen LogP contribution in [0.1, 0.15) is 48.4 Å². The first-order chi connectivity index (χ1) is 14.0. The second-order valence-electron chi connectivity index (χ2n) is 7.77. The highest BCUT2D eigenvalue weighted by Crippen LogP contribution is 2.35. The monoisotopic (exact) mass is 392 g/mol. The first-order valence-electron chi connectivity index (χ1n) is 10.2. The molecule has 0 spiro atoms. The lowest BCUT2D eigenvalue weighted by molar-refractivity contribution is 0.475. The van der Waals surface area contributed by atoms with Crippen molar-refractivity contribution in [3.63, 3.8) is 0 Å². The number of hydrogen-bond acceptors (Lipinski definition) is 3. The van der Waals surface area contributed by atoms with Crippen LogP contribution in [0.3, 0.4) is 0 Å². The smallest absolute Gasteiger partial charge is 0.257 e. The molecular formula is C24H25FN2O2. The van der Waals surface area contributed by atoms with Crippen LogP contribution in [0.4, 0.5) is 4.39 Å². The van der Waals surface area contributed by atoms with Gasteiger partial charge in [0.15, 0.2) is 0 Å². The molecule has 1 aliphatic carbocycles. The summed E-state index contributed by atoms with van der Waals surface area (Å²) in [5.74, 6) is 0.508. The molecule has 1 aromatic heterocycles. The molecule has 0 unspecified atom stereocenters. The minimum atomic E-state index is -0.288. The second-order valence-corrected chi connectivity index (χ2v) is 7.77. The first kappa shape index (κ1) is 19.4. The standard InChI is InChI=1S/C24H25FN2O2/c1-16-22(18-8-2-3-9-18)24(29)27(14-13-17-7-6-10-19(25)15-17)23(26-16)20-11-4-5-12-21(20)28/h4-7,10-12,15,18,28H,2-3,8-9,13-14H2,1H3. The number of benzene rings is 2. The molecule has 0 atom stereocenters. The van der Waals surface area contributed by atoms with Crippen LogP contribution in [0.2, 0.25) is 0 Å². The SMILES string of the molecule is Cc1nc(-c2ccccc2O)n(CCc2cccc(F)c2)c(=O)c1C1CCCC1. The minimum absolute atomic E-state index is 0.0425. The van der Waals surface area contributed by atoms with E-state index in [-0.39, 0.29) is 23.0 Å². The number of para-hydroxylation sites is 1. The Hall–Kier alpha value is -2.95. The Morgan fingerprint density at radius 2 is 1.90 bits per heavy atom. The van der Waals surface area contributed by atoms with Gasteiger partial charge in [0.05, 0.1) is 5.56 Å². The van der Waals surface area contributed by atoms with Gasteiger partial charge in [-0.05, 0) is 61.9 Å². The largest absolute Gasteiger partial charge is 0.507 e. The molecule has 1 fully saturated rings. The molecule has 2 aromatic carbocycles. The Balaban J connectivity index is 1.81. The molecule has 1 heterocycles. The van der Waals surface area contributed by atoms with Crippen molar-refractivity contribution in [2.45, 2.75) is 51.5 Å². The van der Waals surface area contributed by atoms with Crippen LogP contribution in [0.25, 0.3) is 11.4 Å². The van der Waals surface area contributed by atoms with Gasteiger partial charge in [-0.2, -0.15) is 0 Å². The quantitative estimate of drug-likeness (QED) is 0.667. The molecular weight excluding hydrogens is 367 g/mol. The lowest BCUT2D eigenvalue weighted by atomic mass is 9.97. The van der Waals surface area contributed by atoms with E-state index in [1.54, 1.807) is 28.8 Å². The van der Waals surface area contributed by atoms with Crippen LogP contribution in [0.15, 0.2) is 53.3 Å². The van der Waals surface area contributed by atoms with E-state index in [0.29, 0.717) is 24.4 Å². The fourth-order valence-corrected chi connectivity index (χ4v) is 4.37. The summed E-state index contributed by atoms with van der Waals surface area (Å²) in [5, 5.41) is 10.4. The van der Waals surface area contributed by atoms with Gasteiger partial charge in [-0.3, -0.25) is 9.36 Å². The van der Waals surface area contributed by atoms with Crippen LogP contribution >= 0.6 is 0 Å². The zero-order chi connectivity index (χ0) is 20.4. The Labute approximate surface area is 169 Å². The van der Waals surface area contributed by atoms with Crippen molar-refractivity contribution in [2.24, 2.45) is 0 Å². The average Bonchev–Trinajstić information content (AvgIpc) is 3.22. The number of phenolic OH excluding ortho intramolecular Hbond substituents is 1. The van der Waals surface area contributed by atoms with E-state index in [1.165, 1.54) is 12.1 Å². The van der Waals surface area contributed by atoms with Crippen molar-refractivity contribution in [3.05, 3.63) is 81.5 Å². The lowest BCUT2D eigenvalue weighted by Gasteiger charge is -2.19. The molecule has 0 amide bonds. The number of hydrogen-bond donors (Lipinski definition) is 1. The van der Waals surface area contributed by atoms with E-state index in [0.717, 1.165) is 42.5 Å². The summed E-state index contributed by atoms with van der Waals surface area (Å²) in [5.41, 5.74) is 2.84. The third-order valence-electron chi connectivity index (χ3n) is 5.82. The van der Waals surface area contributed by atoms with Gasteiger partial charge < -0.3 is 5.11 Å². The number of rotatable bonds is 5. The van der Waals surface area contributed by atoms with Crippen molar-refractivity contribution in [2.75, 3.05) is 0 Å². The van der Waals surface area contributed by atoms with E-state index in [2.05, 4.69) is 0 Å². The molecule has 29 heavy (non-hydrogen) atoms. The molecule has 150 valence electrons. The summed E-state index contributed by atoms with van der Waals surface area (Å²) in [6, 6.07) is 13.4. The predicted molar refractivity (Wildman–Crippen MR) is 112 cm³/mol. The number of aromatic hydroxyl groups is 1. The van der Waals surface area contributed by atoms with Crippen LogP contribution in [-0.4, -0.2) is 14.7 Å². The van der Waals surface area contributed by atoms with Gasteiger partial charge in [-0.1, -0.05) is 37.1 Å². The number of aryl methyl sites for hydroxylation is 2. The maximum absolute atomic E-state index is 13.6. The topological polar surface area (TPSA) is 55.1 Å². The number of halogens is 1. The van der Waals surface area contributed by atoms with E-state index in [9.17, 15) is 14.3 Å². The third-order valence-corrected chi connectivity index (χ3v) is 5.82. The Morgan fingerprint density at radius 1 is 1.14 bits per heavy atom. The fraction of sp³-hybridized carbons (Fsp3) is 0.333. The van der Waals surface area contributed by atoms with Gasteiger partial charge in [0.25, 0.3) is 5.56 Å². The summed E-state index contributed by atoms with van der Waals surface area (Å²) < 4.78 is 15.2. The zero-order valence-corrected chi connectivity index (χ0v) is 16.6. The number of nitrogens with zero attached hydrogens (tertiary/aromatic N) is 2. The molecule has 0 saturated heterocycles.